The second-order valence-electron chi connectivity index (χ2n) is 4.98. The number of rotatable bonds is 4. The number of ether oxygens (including phenoxy) is 1. The fraction of sp³-hybridized carbons (Fsp3) is 0.462. The molecule has 0 amide bonds. The molecule has 106 valence electrons. The highest BCUT2D eigenvalue weighted by atomic mass is 19.1. The largest absolute Gasteiger partial charge is 0.399 e. The maximum atomic E-state index is 13.9. The highest BCUT2D eigenvalue weighted by molar-refractivity contribution is 5.59. The van der Waals surface area contributed by atoms with Crippen molar-refractivity contribution in [3.8, 4) is 11.4 Å². The standard InChI is InChI=1S/C13H16FN5O/c14-12-7-10(15)1-2-11(12)13-16-17-18-19(13)5-3-9-4-6-20-8-9/h1-2,7,9H,3-6,8,15H2. The average molecular weight is 277 g/mol. The zero-order valence-corrected chi connectivity index (χ0v) is 11.0. The minimum atomic E-state index is -0.412. The Kier molecular flexibility index (Phi) is 3.60. The molecule has 0 aliphatic carbocycles. The third-order valence-corrected chi connectivity index (χ3v) is 3.54. The van der Waals surface area contributed by atoms with E-state index in [1.54, 1.807) is 16.8 Å². The summed E-state index contributed by atoms with van der Waals surface area (Å²) in [6.45, 7) is 2.26. The van der Waals surface area contributed by atoms with Gasteiger partial charge in [-0.05, 0) is 47.4 Å². The van der Waals surface area contributed by atoms with E-state index < -0.39 is 5.82 Å². The lowest BCUT2D eigenvalue weighted by molar-refractivity contribution is 0.183. The van der Waals surface area contributed by atoms with Crippen LogP contribution in [0.4, 0.5) is 10.1 Å². The molecule has 1 aliphatic rings. The number of aryl methyl sites for hydroxylation is 1. The van der Waals surface area contributed by atoms with Crippen molar-refractivity contribution in [2.45, 2.75) is 19.4 Å². The monoisotopic (exact) mass is 277 g/mol. The summed E-state index contributed by atoms with van der Waals surface area (Å²) in [5, 5.41) is 11.5. The van der Waals surface area contributed by atoms with Gasteiger partial charge in [0, 0.05) is 25.4 Å². The molecule has 1 atom stereocenters. The summed E-state index contributed by atoms with van der Waals surface area (Å²) in [6.07, 6.45) is 1.99. The number of nitrogen functional groups attached to an aromatic ring is 1. The third kappa shape index (κ3) is 2.62. The zero-order valence-electron chi connectivity index (χ0n) is 11.0. The Morgan fingerprint density at radius 3 is 3.10 bits per heavy atom. The molecule has 1 aromatic heterocycles. The number of aromatic nitrogens is 4. The second-order valence-corrected chi connectivity index (χ2v) is 4.98. The molecule has 0 saturated carbocycles. The molecule has 0 bridgehead atoms. The molecule has 1 saturated heterocycles. The molecule has 2 heterocycles. The first-order valence-corrected chi connectivity index (χ1v) is 6.63. The van der Waals surface area contributed by atoms with Crippen LogP contribution >= 0.6 is 0 Å². The molecular formula is C13H16FN5O. The molecule has 1 aromatic carbocycles. The number of halogens is 1. The summed E-state index contributed by atoms with van der Waals surface area (Å²) >= 11 is 0. The van der Waals surface area contributed by atoms with Gasteiger partial charge in [-0.15, -0.1) is 5.10 Å². The zero-order chi connectivity index (χ0) is 13.9. The van der Waals surface area contributed by atoms with Gasteiger partial charge in [-0.25, -0.2) is 9.07 Å². The molecule has 0 spiro atoms. The van der Waals surface area contributed by atoms with Crippen LogP contribution in [0.2, 0.25) is 0 Å². The van der Waals surface area contributed by atoms with Crippen LogP contribution in [-0.2, 0) is 11.3 Å². The fourth-order valence-corrected chi connectivity index (χ4v) is 2.38. The van der Waals surface area contributed by atoms with Crippen LogP contribution in [0.15, 0.2) is 18.2 Å². The molecule has 20 heavy (non-hydrogen) atoms. The summed E-state index contributed by atoms with van der Waals surface area (Å²) in [5.74, 6) is 0.551. The van der Waals surface area contributed by atoms with Crippen molar-refractivity contribution in [2.24, 2.45) is 5.92 Å². The van der Waals surface area contributed by atoms with E-state index in [2.05, 4.69) is 15.5 Å². The molecule has 1 fully saturated rings. The van der Waals surface area contributed by atoms with Gasteiger partial charge in [0.2, 0.25) is 0 Å². The number of benzene rings is 1. The van der Waals surface area contributed by atoms with Crippen molar-refractivity contribution < 1.29 is 9.13 Å². The Balaban J connectivity index is 1.78. The number of hydrogen-bond acceptors (Lipinski definition) is 5. The minimum absolute atomic E-state index is 0.367. The summed E-state index contributed by atoms with van der Waals surface area (Å²) in [7, 11) is 0. The number of anilines is 1. The van der Waals surface area contributed by atoms with E-state index in [1.165, 1.54) is 6.07 Å². The van der Waals surface area contributed by atoms with E-state index >= 15 is 0 Å². The first-order valence-electron chi connectivity index (χ1n) is 6.63. The van der Waals surface area contributed by atoms with Crippen molar-refractivity contribution in [1.82, 2.24) is 20.2 Å². The summed E-state index contributed by atoms with van der Waals surface area (Å²) < 4.78 is 20.9. The van der Waals surface area contributed by atoms with E-state index in [0.29, 0.717) is 29.5 Å². The van der Waals surface area contributed by atoms with Gasteiger partial charge in [-0.2, -0.15) is 0 Å². The van der Waals surface area contributed by atoms with Gasteiger partial charge in [0.15, 0.2) is 5.82 Å². The lowest BCUT2D eigenvalue weighted by atomic mass is 10.1. The smallest absolute Gasteiger partial charge is 0.184 e. The first-order chi connectivity index (χ1) is 9.74. The lowest BCUT2D eigenvalue weighted by Crippen LogP contribution is -2.09. The van der Waals surface area contributed by atoms with Crippen LogP contribution < -0.4 is 5.73 Å². The topological polar surface area (TPSA) is 78.9 Å². The molecule has 1 unspecified atom stereocenters. The lowest BCUT2D eigenvalue weighted by Gasteiger charge is -2.09. The number of hydrogen-bond donors (Lipinski definition) is 1. The van der Waals surface area contributed by atoms with Gasteiger partial charge in [-0.3, -0.25) is 0 Å². The minimum Gasteiger partial charge on any atom is -0.399 e. The number of nitrogens with two attached hydrogens (primary N) is 1. The Hall–Kier alpha value is -2.02. The predicted octanol–water partition coefficient (Wildman–Crippen LogP) is 1.49. The van der Waals surface area contributed by atoms with Crippen molar-refractivity contribution in [2.75, 3.05) is 18.9 Å². The summed E-state index contributed by atoms with van der Waals surface area (Å²) in [5.41, 5.74) is 6.30. The van der Waals surface area contributed by atoms with Gasteiger partial charge in [0.25, 0.3) is 0 Å². The maximum Gasteiger partial charge on any atom is 0.184 e. The van der Waals surface area contributed by atoms with Crippen LogP contribution in [0.5, 0.6) is 0 Å². The molecule has 2 N–H and O–H groups in total. The van der Waals surface area contributed by atoms with Crippen LogP contribution in [-0.4, -0.2) is 33.4 Å². The third-order valence-electron chi connectivity index (χ3n) is 3.54. The Morgan fingerprint density at radius 2 is 2.35 bits per heavy atom. The first kappa shape index (κ1) is 13.0. The van der Waals surface area contributed by atoms with E-state index in [-0.39, 0.29) is 0 Å². The van der Waals surface area contributed by atoms with Crippen molar-refractivity contribution >= 4 is 5.69 Å². The SMILES string of the molecule is Nc1ccc(-c2nnnn2CCC2CCOC2)c(F)c1. The van der Waals surface area contributed by atoms with Gasteiger partial charge in [0.1, 0.15) is 5.82 Å². The van der Waals surface area contributed by atoms with Crippen molar-refractivity contribution in [3.05, 3.63) is 24.0 Å². The number of nitrogens with zero attached hydrogens (tertiary/aromatic N) is 4. The van der Waals surface area contributed by atoms with E-state index in [1.807, 2.05) is 0 Å². The molecular weight excluding hydrogens is 261 g/mol. The Labute approximate surface area is 115 Å². The molecule has 6 nitrogen and oxygen atoms in total. The Bertz CT molecular complexity index is 594. The Morgan fingerprint density at radius 1 is 1.45 bits per heavy atom. The molecule has 7 heteroatoms. The summed E-state index contributed by atoms with van der Waals surface area (Å²) in [4.78, 5) is 0. The van der Waals surface area contributed by atoms with E-state index in [0.717, 1.165) is 26.1 Å². The van der Waals surface area contributed by atoms with E-state index in [9.17, 15) is 4.39 Å². The van der Waals surface area contributed by atoms with Crippen LogP contribution in [0.25, 0.3) is 11.4 Å². The highest BCUT2D eigenvalue weighted by Crippen LogP contribution is 2.23. The molecule has 3 rings (SSSR count). The predicted molar refractivity (Wildman–Crippen MR) is 71.2 cm³/mol. The fourth-order valence-electron chi connectivity index (χ4n) is 2.38. The molecule has 0 radical (unpaired) electrons. The summed E-state index contributed by atoms with van der Waals surface area (Å²) in [6, 6.07) is 4.52. The highest BCUT2D eigenvalue weighted by Gasteiger charge is 2.18. The molecule has 1 aliphatic heterocycles. The van der Waals surface area contributed by atoms with E-state index in [4.69, 9.17) is 10.5 Å². The van der Waals surface area contributed by atoms with Gasteiger partial charge < -0.3 is 10.5 Å². The second kappa shape index (κ2) is 5.54. The molecule has 2 aromatic rings. The average Bonchev–Trinajstić information content (AvgIpc) is 3.07. The number of tetrazole rings is 1. The van der Waals surface area contributed by atoms with Crippen molar-refractivity contribution in [1.29, 1.82) is 0 Å². The van der Waals surface area contributed by atoms with Crippen molar-refractivity contribution in [3.63, 3.8) is 0 Å². The van der Waals surface area contributed by atoms with Gasteiger partial charge in [-0.1, -0.05) is 0 Å². The maximum absolute atomic E-state index is 13.9. The quantitative estimate of drug-likeness (QED) is 0.856. The van der Waals surface area contributed by atoms with Crippen LogP contribution in [0.3, 0.4) is 0 Å². The normalized spacial score (nSPS) is 18.6. The van der Waals surface area contributed by atoms with Gasteiger partial charge >= 0.3 is 0 Å². The van der Waals surface area contributed by atoms with Crippen LogP contribution in [0, 0.1) is 11.7 Å². The van der Waals surface area contributed by atoms with Gasteiger partial charge in [0.05, 0.1) is 5.56 Å². The van der Waals surface area contributed by atoms with Crippen LogP contribution in [0.1, 0.15) is 12.8 Å².